The second-order valence-corrected chi connectivity index (χ2v) is 8.05. The van der Waals surface area contributed by atoms with Gasteiger partial charge in [-0.3, -0.25) is 0 Å². The van der Waals surface area contributed by atoms with E-state index < -0.39 is 0 Å². The summed E-state index contributed by atoms with van der Waals surface area (Å²) < 4.78 is 0. The second kappa shape index (κ2) is 8.82. The van der Waals surface area contributed by atoms with Gasteiger partial charge in [0.05, 0.1) is 13.1 Å². The van der Waals surface area contributed by atoms with E-state index in [2.05, 4.69) is 41.8 Å². The highest BCUT2D eigenvalue weighted by Gasteiger charge is 2.21. The van der Waals surface area contributed by atoms with Crippen LogP contribution < -0.4 is 15.5 Å². The summed E-state index contributed by atoms with van der Waals surface area (Å²) >= 11 is 5.48. The molecule has 3 nitrogen and oxygen atoms in total. The van der Waals surface area contributed by atoms with E-state index in [9.17, 15) is 0 Å². The number of hydrogen-bond acceptors (Lipinski definition) is 1. The average molecular weight is 347 g/mol. The maximum Gasteiger partial charge on any atom is 0.166 e. The van der Waals surface area contributed by atoms with Crippen molar-refractivity contribution in [1.82, 2.24) is 10.6 Å². The molecule has 0 aromatic heterocycles. The molecule has 2 aliphatic rings. The van der Waals surface area contributed by atoms with Crippen LogP contribution >= 0.6 is 12.2 Å². The zero-order chi connectivity index (χ0) is 16.8. The first-order valence-electron chi connectivity index (χ1n) is 9.66. The summed E-state index contributed by atoms with van der Waals surface area (Å²) in [6.07, 6.45) is 8.04. The highest BCUT2D eigenvalue weighted by molar-refractivity contribution is 7.80. The Labute approximate surface area is 152 Å². The van der Waals surface area contributed by atoms with Crippen LogP contribution in [0.3, 0.4) is 0 Å². The third-order valence-electron chi connectivity index (χ3n) is 5.67. The van der Waals surface area contributed by atoms with Gasteiger partial charge in [0.15, 0.2) is 5.11 Å². The molecule has 0 radical (unpaired) electrons. The third kappa shape index (κ3) is 5.18. The van der Waals surface area contributed by atoms with E-state index in [1.807, 2.05) is 0 Å². The van der Waals surface area contributed by atoms with Gasteiger partial charge in [-0.15, -0.1) is 0 Å². The molecule has 3 N–H and O–H groups in total. The predicted molar refractivity (Wildman–Crippen MR) is 104 cm³/mol. The Hall–Kier alpha value is -1.13. The van der Waals surface area contributed by atoms with Crippen molar-refractivity contribution in [3.05, 3.63) is 35.4 Å². The molecule has 4 heteroatoms. The molecule has 1 aromatic carbocycles. The van der Waals surface area contributed by atoms with E-state index in [4.69, 9.17) is 12.2 Å². The summed E-state index contributed by atoms with van der Waals surface area (Å²) in [7, 11) is 0. The number of likely N-dealkylation sites (tertiary alicyclic amines) is 1. The van der Waals surface area contributed by atoms with Gasteiger partial charge in [-0.05, 0) is 36.5 Å². The number of nitrogens with one attached hydrogen (secondary N) is 3. The average Bonchev–Trinajstić information content (AvgIpc) is 3.09. The SMILES string of the molecule is C[C@@H]1CCCC[C@H]1NC(=S)NCc1ccc(C[NH+]2CCCC2)cc1. The molecule has 1 aromatic rings. The molecule has 0 spiro atoms. The first kappa shape index (κ1) is 17.7. The van der Waals surface area contributed by atoms with Gasteiger partial charge >= 0.3 is 0 Å². The molecule has 1 saturated carbocycles. The Bertz CT molecular complexity index is 522. The Kier molecular flexibility index (Phi) is 6.50. The summed E-state index contributed by atoms with van der Waals surface area (Å²) in [5.41, 5.74) is 2.75. The highest BCUT2D eigenvalue weighted by Crippen LogP contribution is 2.23. The molecular weight excluding hydrogens is 314 g/mol. The molecule has 3 rings (SSSR count). The molecule has 24 heavy (non-hydrogen) atoms. The minimum absolute atomic E-state index is 0.546. The van der Waals surface area contributed by atoms with Crippen LogP contribution in [0.4, 0.5) is 0 Å². The molecule has 1 aliphatic carbocycles. The number of hydrogen-bond donors (Lipinski definition) is 3. The van der Waals surface area contributed by atoms with Crippen molar-refractivity contribution < 1.29 is 4.90 Å². The summed E-state index contributed by atoms with van der Waals surface area (Å²) in [5.74, 6) is 0.728. The Morgan fingerprint density at radius 3 is 2.42 bits per heavy atom. The number of quaternary nitrogens is 1. The van der Waals surface area contributed by atoms with Crippen LogP contribution in [0.25, 0.3) is 0 Å². The van der Waals surface area contributed by atoms with Gasteiger partial charge in [-0.1, -0.05) is 44.0 Å². The maximum absolute atomic E-state index is 5.48. The highest BCUT2D eigenvalue weighted by atomic mass is 32.1. The maximum atomic E-state index is 5.48. The van der Waals surface area contributed by atoms with Gasteiger partial charge in [0.2, 0.25) is 0 Å². The lowest BCUT2D eigenvalue weighted by Gasteiger charge is -2.30. The molecule has 1 aliphatic heterocycles. The molecule has 1 saturated heterocycles. The van der Waals surface area contributed by atoms with Gasteiger partial charge in [0, 0.05) is 31.0 Å². The normalized spacial score (nSPS) is 24.7. The van der Waals surface area contributed by atoms with E-state index in [0.717, 1.165) is 17.6 Å². The van der Waals surface area contributed by atoms with Crippen LogP contribution in [0.15, 0.2) is 24.3 Å². The lowest BCUT2D eigenvalue weighted by molar-refractivity contribution is -0.901. The molecule has 0 bridgehead atoms. The first-order valence-corrected chi connectivity index (χ1v) is 10.1. The van der Waals surface area contributed by atoms with Crippen molar-refractivity contribution in [3.8, 4) is 0 Å². The Balaban J connectivity index is 1.41. The van der Waals surface area contributed by atoms with Crippen molar-refractivity contribution in [1.29, 1.82) is 0 Å². The zero-order valence-corrected chi connectivity index (χ0v) is 15.8. The third-order valence-corrected chi connectivity index (χ3v) is 5.93. The fraction of sp³-hybridized carbons (Fsp3) is 0.650. The van der Waals surface area contributed by atoms with Gasteiger partial charge in [0.25, 0.3) is 0 Å². The smallest absolute Gasteiger partial charge is 0.166 e. The molecule has 2 atom stereocenters. The zero-order valence-electron chi connectivity index (χ0n) is 14.9. The van der Waals surface area contributed by atoms with Crippen molar-refractivity contribution >= 4 is 17.3 Å². The lowest BCUT2D eigenvalue weighted by Crippen LogP contribution is -3.08. The number of benzene rings is 1. The monoisotopic (exact) mass is 346 g/mol. The molecule has 132 valence electrons. The second-order valence-electron chi connectivity index (χ2n) is 7.65. The van der Waals surface area contributed by atoms with Crippen LogP contribution in [-0.2, 0) is 13.1 Å². The Morgan fingerprint density at radius 2 is 1.71 bits per heavy atom. The van der Waals surface area contributed by atoms with Gasteiger partial charge in [-0.25, -0.2) is 0 Å². The minimum atomic E-state index is 0.546. The fourth-order valence-electron chi connectivity index (χ4n) is 4.05. The summed E-state index contributed by atoms with van der Waals surface area (Å²) in [6.45, 7) is 6.99. The number of rotatable bonds is 5. The van der Waals surface area contributed by atoms with Crippen LogP contribution in [0.2, 0.25) is 0 Å². The molecule has 2 fully saturated rings. The van der Waals surface area contributed by atoms with Crippen molar-refractivity contribution in [3.63, 3.8) is 0 Å². The van der Waals surface area contributed by atoms with E-state index in [0.29, 0.717) is 6.04 Å². The number of thiocarbonyl (C=S) groups is 1. The quantitative estimate of drug-likeness (QED) is 0.715. The van der Waals surface area contributed by atoms with Crippen molar-refractivity contribution in [2.75, 3.05) is 13.1 Å². The summed E-state index contributed by atoms with van der Waals surface area (Å²) in [5, 5.41) is 7.69. The first-order chi connectivity index (χ1) is 11.7. The molecule has 1 heterocycles. The topological polar surface area (TPSA) is 28.5 Å². The summed E-state index contributed by atoms with van der Waals surface area (Å²) in [4.78, 5) is 1.73. The van der Waals surface area contributed by atoms with Crippen LogP contribution in [-0.4, -0.2) is 24.2 Å². The van der Waals surface area contributed by atoms with E-state index in [1.54, 1.807) is 4.90 Å². The van der Waals surface area contributed by atoms with Crippen LogP contribution in [0.5, 0.6) is 0 Å². The van der Waals surface area contributed by atoms with E-state index >= 15 is 0 Å². The van der Waals surface area contributed by atoms with E-state index in [1.165, 1.54) is 69.3 Å². The summed E-state index contributed by atoms with van der Waals surface area (Å²) in [6, 6.07) is 9.58. The van der Waals surface area contributed by atoms with Gasteiger partial charge < -0.3 is 15.5 Å². The molecular formula is C20H32N3S+. The van der Waals surface area contributed by atoms with Gasteiger partial charge in [0.1, 0.15) is 6.54 Å². The molecule has 0 unspecified atom stereocenters. The fourth-order valence-corrected chi connectivity index (χ4v) is 4.27. The molecule has 0 amide bonds. The standard InChI is InChI=1S/C20H31N3S/c1-16-6-2-3-7-19(16)22-20(24)21-14-17-8-10-18(11-9-17)15-23-12-4-5-13-23/h8-11,16,19H,2-7,12-15H2,1H3,(H2,21,22,24)/p+1/t16-,19-/m1/s1. The van der Waals surface area contributed by atoms with Gasteiger partial charge in [-0.2, -0.15) is 0 Å². The van der Waals surface area contributed by atoms with Crippen LogP contribution in [0, 0.1) is 5.92 Å². The lowest BCUT2D eigenvalue weighted by atomic mass is 9.86. The minimum Gasteiger partial charge on any atom is -0.360 e. The van der Waals surface area contributed by atoms with Crippen LogP contribution in [0.1, 0.15) is 56.6 Å². The largest absolute Gasteiger partial charge is 0.360 e. The van der Waals surface area contributed by atoms with E-state index in [-0.39, 0.29) is 0 Å². The van der Waals surface area contributed by atoms with Crippen molar-refractivity contribution in [2.45, 2.75) is 64.6 Å². The predicted octanol–water partition coefficient (Wildman–Crippen LogP) is 2.41. The Morgan fingerprint density at radius 1 is 1.04 bits per heavy atom. The van der Waals surface area contributed by atoms with Crippen molar-refractivity contribution in [2.24, 2.45) is 5.92 Å².